The van der Waals surface area contributed by atoms with Crippen molar-refractivity contribution in [2.24, 2.45) is 0 Å². The molecule has 0 aromatic carbocycles. The van der Waals surface area contributed by atoms with Crippen molar-refractivity contribution in [2.45, 2.75) is 6.92 Å². The summed E-state index contributed by atoms with van der Waals surface area (Å²) in [4.78, 5) is 18.3. The van der Waals surface area contributed by atoms with Crippen molar-refractivity contribution in [1.82, 2.24) is 9.97 Å². The number of ether oxygens (including phenoxy) is 2. The second-order valence-electron chi connectivity index (χ2n) is 2.82. The van der Waals surface area contributed by atoms with Gasteiger partial charge in [0, 0.05) is 12.8 Å². The van der Waals surface area contributed by atoms with Gasteiger partial charge < -0.3 is 14.6 Å². The highest BCUT2D eigenvalue weighted by Gasteiger charge is 2.08. The zero-order valence-electron chi connectivity index (χ0n) is 8.56. The second-order valence-corrected chi connectivity index (χ2v) is 2.82. The van der Waals surface area contributed by atoms with Crippen LogP contribution < -0.4 is 4.74 Å². The van der Waals surface area contributed by atoms with E-state index in [1.54, 1.807) is 14.0 Å². The molecule has 1 rings (SSSR count). The maximum absolute atomic E-state index is 10.7. The third kappa shape index (κ3) is 3.51. The molecule has 0 aliphatic carbocycles. The van der Waals surface area contributed by atoms with Crippen molar-refractivity contribution in [2.75, 3.05) is 20.3 Å². The molecule has 0 aliphatic rings. The number of aromatic nitrogens is 2. The largest absolute Gasteiger partial charge is 0.477 e. The molecule has 0 aliphatic heterocycles. The molecule has 82 valence electrons. The Hall–Kier alpha value is -1.69. The molecule has 15 heavy (non-hydrogen) atoms. The standard InChI is InChI=1S/C9H12N2O4/c1-6-5-7(8(12)13)11-9(10-6)15-4-3-14-2/h5H,3-4H2,1-2H3,(H,12,13). The summed E-state index contributed by atoms with van der Waals surface area (Å²) in [6.45, 7) is 2.37. The minimum absolute atomic E-state index is 0.0597. The summed E-state index contributed by atoms with van der Waals surface area (Å²) in [5.74, 6) is -1.10. The first-order chi connectivity index (χ1) is 7.13. The lowest BCUT2D eigenvalue weighted by molar-refractivity contribution is 0.0687. The maximum atomic E-state index is 10.7. The highest BCUT2D eigenvalue weighted by molar-refractivity contribution is 5.85. The van der Waals surface area contributed by atoms with E-state index in [1.165, 1.54) is 6.07 Å². The van der Waals surface area contributed by atoms with Crippen LogP contribution in [0.5, 0.6) is 6.01 Å². The molecule has 1 aromatic heterocycles. The van der Waals surface area contributed by atoms with Crippen LogP contribution >= 0.6 is 0 Å². The Labute approximate surface area is 86.9 Å². The lowest BCUT2D eigenvalue weighted by Crippen LogP contribution is -2.10. The minimum Gasteiger partial charge on any atom is -0.477 e. The Bertz CT molecular complexity index is 354. The highest BCUT2D eigenvalue weighted by Crippen LogP contribution is 2.06. The van der Waals surface area contributed by atoms with Gasteiger partial charge in [0.15, 0.2) is 5.69 Å². The summed E-state index contributed by atoms with van der Waals surface area (Å²) in [5, 5.41) is 8.73. The number of aromatic carboxylic acids is 1. The van der Waals surface area contributed by atoms with Crippen molar-refractivity contribution in [3.05, 3.63) is 17.5 Å². The van der Waals surface area contributed by atoms with Crippen LogP contribution in [0.1, 0.15) is 16.2 Å². The van der Waals surface area contributed by atoms with Crippen LogP contribution in [0.15, 0.2) is 6.07 Å². The first kappa shape index (κ1) is 11.4. The minimum atomic E-state index is -1.10. The van der Waals surface area contributed by atoms with Gasteiger partial charge in [0.2, 0.25) is 0 Å². The SMILES string of the molecule is COCCOc1nc(C)cc(C(=O)O)n1. The van der Waals surface area contributed by atoms with Crippen molar-refractivity contribution in [3.63, 3.8) is 0 Å². The summed E-state index contributed by atoms with van der Waals surface area (Å²) in [5.41, 5.74) is 0.477. The van der Waals surface area contributed by atoms with Crippen LogP contribution in [-0.4, -0.2) is 41.4 Å². The van der Waals surface area contributed by atoms with Gasteiger partial charge in [-0.15, -0.1) is 0 Å². The van der Waals surface area contributed by atoms with E-state index in [9.17, 15) is 4.79 Å². The van der Waals surface area contributed by atoms with E-state index in [0.717, 1.165) is 0 Å². The van der Waals surface area contributed by atoms with Crippen molar-refractivity contribution in [3.8, 4) is 6.01 Å². The van der Waals surface area contributed by atoms with Crippen molar-refractivity contribution in [1.29, 1.82) is 0 Å². The Balaban J connectivity index is 2.75. The molecule has 0 spiro atoms. The van der Waals surface area contributed by atoms with Crippen LogP contribution in [-0.2, 0) is 4.74 Å². The predicted molar refractivity (Wildman–Crippen MR) is 51.1 cm³/mol. The van der Waals surface area contributed by atoms with E-state index in [-0.39, 0.29) is 11.7 Å². The molecule has 0 bridgehead atoms. The molecule has 0 unspecified atom stereocenters. The number of nitrogens with zero attached hydrogens (tertiary/aromatic N) is 2. The van der Waals surface area contributed by atoms with E-state index in [2.05, 4.69) is 9.97 Å². The van der Waals surface area contributed by atoms with Crippen molar-refractivity contribution < 1.29 is 19.4 Å². The van der Waals surface area contributed by atoms with Gasteiger partial charge in [-0.2, -0.15) is 4.98 Å². The molecule has 1 aromatic rings. The number of carbonyl (C=O) groups is 1. The van der Waals surface area contributed by atoms with E-state index >= 15 is 0 Å². The van der Waals surface area contributed by atoms with Crippen LogP contribution in [0.4, 0.5) is 0 Å². The molecule has 0 atom stereocenters. The smallest absolute Gasteiger partial charge is 0.354 e. The molecule has 6 nitrogen and oxygen atoms in total. The first-order valence-corrected chi connectivity index (χ1v) is 4.34. The average Bonchev–Trinajstić information content (AvgIpc) is 2.17. The fourth-order valence-electron chi connectivity index (χ4n) is 0.932. The van der Waals surface area contributed by atoms with Crippen molar-refractivity contribution >= 4 is 5.97 Å². The molecule has 0 amide bonds. The fourth-order valence-corrected chi connectivity index (χ4v) is 0.932. The van der Waals surface area contributed by atoms with E-state index in [1.807, 2.05) is 0 Å². The molecular weight excluding hydrogens is 200 g/mol. The summed E-state index contributed by atoms with van der Waals surface area (Å²) in [6, 6.07) is 1.44. The summed E-state index contributed by atoms with van der Waals surface area (Å²) in [6.07, 6.45) is 0. The third-order valence-corrected chi connectivity index (χ3v) is 1.57. The molecule has 6 heteroatoms. The van der Waals surface area contributed by atoms with Crippen LogP contribution in [0.25, 0.3) is 0 Å². The van der Waals surface area contributed by atoms with Gasteiger partial charge in [0.05, 0.1) is 6.61 Å². The normalized spacial score (nSPS) is 10.0. The molecule has 0 fully saturated rings. The van der Waals surface area contributed by atoms with Crippen LogP contribution in [0, 0.1) is 6.92 Å². The Morgan fingerprint density at radius 3 is 2.80 bits per heavy atom. The topological polar surface area (TPSA) is 81.5 Å². The summed E-state index contributed by atoms with van der Waals surface area (Å²) >= 11 is 0. The van der Waals surface area contributed by atoms with Gasteiger partial charge in [0.25, 0.3) is 0 Å². The van der Waals surface area contributed by atoms with E-state index < -0.39 is 5.97 Å². The highest BCUT2D eigenvalue weighted by atomic mass is 16.5. The summed E-state index contributed by atoms with van der Waals surface area (Å²) in [7, 11) is 1.54. The number of carboxylic acid groups (broad SMARTS) is 1. The Morgan fingerprint density at radius 2 is 2.20 bits per heavy atom. The van der Waals surface area contributed by atoms with Gasteiger partial charge in [-0.3, -0.25) is 0 Å². The molecule has 0 saturated heterocycles. The Morgan fingerprint density at radius 1 is 1.47 bits per heavy atom. The number of hydrogen-bond acceptors (Lipinski definition) is 5. The van der Waals surface area contributed by atoms with Crippen LogP contribution in [0.3, 0.4) is 0 Å². The molecule has 1 heterocycles. The van der Waals surface area contributed by atoms with Gasteiger partial charge in [-0.1, -0.05) is 0 Å². The van der Waals surface area contributed by atoms with Gasteiger partial charge in [-0.05, 0) is 13.0 Å². The number of aryl methyl sites for hydroxylation is 1. The second kappa shape index (κ2) is 5.26. The van der Waals surface area contributed by atoms with E-state index in [0.29, 0.717) is 18.9 Å². The zero-order valence-corrected chi connectivity index (χ0v) is 8.56. The molecular formula is C9H12N2O4. The van der Waals surface area contributed by atoms with E-state index in [4.69, 9.17) is 14.6 Å². The first-order valence-electron chi connectivity index (χ1n) is 4.34. The predicted octanol–water partition coefficient (Wildman–Crippen LogP) is 0.508. The van der Waals surface area contributed by atoms with Gasteiger partial charge in [0.1, 0.15) is 6.61 Å². The number of rotatable bonds is 5. The number of hydrogen-bond donors (Lipinski definition) is 1. The Kier molecular flexibility index (Phi) is 3.99. The molecule has 0 radical (unpaired) electrons. The maximum Gasteiger partial charge on any atom is 0.354 e. The zero-order chi connectivity index (χ0) is 11.3. The number of methoxy groups -OCH3 is 1. The molecule has 0 saturated carbocycles. The lowest BCUT2D eigenvalue weighted by atomic mass is 10.3. The quantitative estimate of drug-likeness (QED) is 0.716. The summed E-state index contributed by atoms with van der Waals surface area (Å²) < 4.78 is 9.88. The lowest BCUT2D eigenvalue weighted by Gasteiger charge is -2.04. The average molecular weight is 212 g/mol. The van der Waals surface area contributed by atoms with Gasteiger partial charge >= 0.3 is 12.0 Å². The monoisotopic (exact) mass is 212 g/mol. The van der Waals surface area contributed by atoms with Gasteiger partial charge in [-0.25, -0.2) is 9.78 Å². The molecule has 1 N–H and O–H groups in total. The fraction of sp³-hybridized carbons (Fsp3) is 0.444. The number of carboxylic acids is 1. The van der Waals surface area contributed by atoms with Crippen LogP contribution in [0.2, 0.25) is 0 Å². The third-order valence-electron chi connectivity index (χ3n) is 1.57.